The van der Waals surface area contributed by atoms with Gasteiger partial charge >= 0.3 is 56.0 Å². The summed E-state index contributed by atoms with van der Waals surface area (Å²) >= 11 is 0. The van der Waals surface area contributed by atoms with Crippen LogP contribution >= 0.6 is 0 Å². The molecular weight excluding hydrogens is 718 g/mol. The zero-order chi connectivity index (χ0) is 26.4. The zero-order valence-electron chi connectivity index (χ0n) is 22.4. The van der Waals surface area contributed by atoms with Crippen LogP contribution in [0.15, 0.2) is 34.5 Å². The minimum absolute atomic E-state index is 0. The number of allylic oxidation sites excluding steroid dienone is 2. The second-order valence-corrected chi connectivity index (χ2v) is 7.99. The molecule has 0 saturated heterocycles. The first-order valence-corrected chi connectivity index (χ1v) is 12.5. The molecule has 6 aliphatic rings. The predicted octanol–water partition coefficient (Wildman–Crippen LogP) is 6.80. The van der Waals surface area contributed by atoms with Gasteiger partial charge in [-0.1, -0.05) is 12.2 Å². The average molecular weight is 751 g/mol. The summed E-state index contributed by atoms with van der Waals surface area (Å²) in [5.41, 5.74) is 0. The standard InChI is InChI=1S/2C13H11N.2C5H5.Fe.2Ru/c2*1-2-6-12(5-1)9-10-14-11-13-7-3-4-8-13;2*1-2-4-5-3-1;;;/h2*1-11H;2*1-5H;;;/q;;;;3*+2/b2*10-9+,14-11?;;;;;. The van der Waals surface area contributed by atoms with Crippen LogP contribution in [0.3, 0.4) is 0 Å². The molecule has 0 spiro atoms. The van der Waals surface area contributed by atoms with Crippen molar-refractivity contribution in [2.45, 2.75) is 0 Å². The Morgan fingerprint density at radius 3 is 0.780 bits per heavy atom. The molecule has 6 fully saturated rings. The van der Waals surface area contributed by atoms with Crippen LogP contribution in [-0.2, 0) is 56.0 Å². The van der Waals surface area contributed by atoms with Crippen molar-refractivity contribution in [3.8, 4) is 0 Å². The molecule has 0 amide bonds. The van der Waals surface area contributed by atoms with Gasteiger partial charge in [-0.25, -0.2) is 0 Å². The molecule has 0 aromatic rings. The molecule has 5 heteroatoms. The first-order valence-electron chi connectivity index (χ1n) is 12.5. The molecule has 0 unspecified atom stereocenters. The molecule has 30 radical (unpaired) electrons. The summed E-state index contributed by atoms with van der Waals surface area (Å²) in [5, 5.41) is 0. The van der Waals surface area contributed by atoms with E-state index in [1.54, 1.807) is 0 Å². The maximum Gasteiger partial charge on any atom is 2.00 e. The Labute approximate surface area is 291 Å². The van der Waals surface area contributed by atoms with E-state index in [4.69, 9.17) is 0 Å². The van der Waals surface area contributed by atoms with Crippen molar-refractivity contribution in [1.29, 1.82) is 0 Å². The van der Waals surface area contributed by atoms with Crippen LogP contribution in [0.2, 0.25) is 0 Å². The maximum absolute atomic E-state index is 4.18. The van der Waals surface area contributed by atoms with E-state index in [0.29, 0.717) is 0 Å². The normalized spacial score (nSPS) is 23.6. The van der Waals surface area contributed by atoms with Gasteiger partial charge < -0.3 is 0 Å². The van der Waals surface area contributed by atoms with Crippen LogP contribution in [0.5, 0.6) is 0 Å². The molecule has 0 bridgehead atoms. The SMILES string of the molecule is [CH]1[CH][CH][CH][CH]1.[CH]1[CH][CH][CH][CH]1.[CH]1[CH][CH][C](C=N/C=C/[C]2[CH][CH][CH][CH]2)[CH]1.[CH]1[CH][CH][C](C=N/C=C/[C]2[CH][CH][CH][CH]2)[CH]1.[Fe+2].[Ru+2].[Ru+2]. The van der Waals surface area contributed by atoms with Gasteiger partial charge in [0.15, 0.2) is 0 Å². The quantitative estimate of drug-likeness (QED) is 0.211. The van der Waals surface area contributed by atoms with E-state index in [2.05, 4.69) is 35.7 Å². The van der Waals surface area contributed by atoms with Gasteiger partial charge in [0.05, 0.1) is 0 Å². The second kappa shape index (κ2) is 29.3. The van der Waals surface area contributed by atoms with Crippen LogP contribution < -0.4 is 0 Å². The van der Waals surface area contributed by atoms with Crippen LogP contribution in [0.25, 0.3) is 0 Å². The molecule has 6 rings (SSSR count). The predicted molar refractivity (Wildman–Crippen MR) is 160 cm³/mol. The van der Waals surface area contributed by atoms with Crippen molar-refractivity contribution in [2.24, 2.45) is 9.98 Å². The van der Waals surface area contributed by atoms with E-state index in [1.807, 2.05) is 178 Å². The second-order valence-electron chi connectivity index (χ2n) is 7.99. The summed E-state index contributed by atoms with van der Waals surface area (Å²) in [6.07, 6.45) is 63.7. The van der Waals surface area contributed by atoms with E-state index in [0.717, 1.165) is 11.8 Å². The summed E-state index contributed by atoms with van der Waals surface area (Å²) in [6, 6.07) is 0. The third-order valence-electron chi connectivity index (χ3n) is 5.02. The molecule has 0 aliphatic heterocycles. The van der Waals surface area contributed by atoms with Gasteiger partial charge in [-0.3, -0.25) is 9.98 Å². The fourth-order valence-corrected chi connectivity index (χ4v) is 3.11. The first kappa shape index (κ1) is 41.6. The Morgan fingerprint density at radius 2 is 0.537 bits per heavy atom. The van der Waals surface area contributed by atoms with Gasteiger partial charge in [0.1, 0.15) is 0 Å². The van der Waals surface area contributed by atoms with Crippen molar-refractivity contribution in [1.82, 2.24) is 0 Å². The molecule has 2 nitrogen and oxygen atoms in total. The van der Waals surface area contributed by atoms with Crippen molar-refractivity contribution in [3.63, 3.8) is 0 Å². The first-order chi connectivity index (χ1) is 18.9. The van der Waals surface area contributed by atoms with E-state index >= 15 is 0 Å². The molecule has 204 valence electrons. The van der Waals surface area contributed by atoms with Crippen molar-refractivity contribution in [3.05, 3.63) is 215 Å². The Hall–Kier alpha value is 0.586. The van der Waals surface area contributed by atoms with Crippen molar-refractivity contribution < 1.29 is 56.0 Å². The number of nitrogens with zero attached hydrogens (tertiary/aromatic N) is 2. The van der Waals surface area contributed by atoms with E-state index in [1.165, 1.54) is 11.8 Å². The van der Waals surface area contributed by atoms with Gasteiger partial charge in [-0.2, -0.15) is 0 Å². The minimum Gasteiger partial charge on any atom is -0.269 e. The Bertz CT molecular complexity index is 540. The Morgan fingerprint density at radius 1 is 0.317 bits per heavy atom. The summed E-state index contributed by atoms with van der Waals surface area (Å²) in [6.45, 7) is 0. The molecule has 0 heterocycles. The largest absolute Gasteiger partial charge is 2.00 e. The molecule has 0 atom stereocenters. The van der Waals surface area contributed by atoms with Crippen molar-refractivity contribution >= 4 is 12.4 Å². The maximum atomic E-state index is 4.18. The van der Waals surface area contributed by atoms with Gasteiger partial charge in [0, 0.05) is 48.5 Å². The van der Waals surface area contributed by atoms with Crippen LogP contribution in [-0.4, -0.2) is 12.4 Å². The van der Waals surface area contributed by atoms with Crippen molar-refractivity contribution in [2.75, 3.05) is 0 Å². The monoisotopic (exact) mass is 752 g/mol. The molecule has 6 saturated carbocycles. The Kier molecular flexibility index (Phi) is 29.7. The smallest absolute Gasteiger partial charge is 0.269 e. The number of aliphatic imine (C=N–C) groups is 2. The van der Waals surface area contributed by atoms with Crippen LogP contribution in [0.4, 0.5) is 0 Å². The molecule has 0 N–H and O–H groups in total. The van der Waals surface area contributed by atoms with Gasteiger partial charge in [0.25, 0.3) is 0 Å². The molecular formula is C36H32FeN2Ru2+6. The zero-order valence-corrected chi connectivity index (χ0v) is 27.0. The third kappa shape index (κ3) is 21.9. The average Bonchev–Trinajstić information content (AvgIpc) is 3.79. The summed E-state index contributed by atoms with van der Waals surface area (Å²) in [4.78, 5) is 8.37. The number of rotatable bonds is 6. The summed E-state index contributed by atoms with van der Waals surface area (Å²) in [5.74, 6) is 4.64. The molecule has 41 heavy (non-hydrogen) atoms. The Balaban J connectivity index is 0.000000556. The fraction of sp³-hybridized carbons (Fsp3) is 0. The molecule has 0 aromatic carbocycles. The number of hydrogen-bond acceptors (Lipinski definition) is 2. The van der Waals surface area contributed by atoms with E-state index < -0.39 is 0 Å². The van der Waals surface area contributed by atoms with Crippen LogP contribution in [0, 0.1) is 191 Å². The molecule has 0 aromatic heterocycles. The summed E-state index contributed by atoms with van der Waals surface area (Å²) < 4.78 is 0. The van der Waals surface area contributed by atoms with Gasteiger partial charge in [-0.15, -0.1) is 0 Å². The van der Waals surface area contributed by atoms with E-state index in [9.17, 15) is 0 Å². The minimum atomic E-state index is 0. The van der Waals surface area contributed by atoms with Gasteiger partial charge in [0.2, 0.25) is 0 Å². The fourth-order valence-electron chi connectivity index (χ4n) is 3.11. The van der Waals surface area contributed by atoms with Gasteiger partial charge in [-0.05, 0) is 167 Å². The molecule has 6 aliphatic carbocycles. The summed E-state index contributed by atoms with van der Waals surface area (Å²) in [7, 11) is 0. The third-order valence-corrected chi connectivity index (χ3v) is 5.02. The number of hydrogen-bond donors (Lipinski definition) is 0. The van der Waals surface area contributed by atoms with Crippen LogP contribution in [0.1, 0.15) is 0 Å². The van der Waals surface area contributed by atoms with E-state index in [-0.39, 0.29) is 56.0 Å². The topological polar surface area (TPSA) is 24.7 Å².